The first-order chi connectivity index (χ1) is 17.6. The molecule has 0 spiro atoms. The summed E-state index contributed by atoms with van der Waals surface area (Å²) in [5.41, 5.74) is 6.23. The van der Waals surface area contributed by atoms with Crippen molar-refractivity contribution in [3.63, 3.8) is 0 Å². The lowest BCUT2D eigenvalue weighted by molar-refractivity contribution is -0.113. The molecule has 7 nitrogen and oxygen atoms in total. The second kappa shape index (κ2) is 11.1. The molecule has 0 atom stereocenters. The lowest BCUT2D eigenvalue weighted by Crippen LogP contribution is -2.18. The number of nitrogens with zero attached hydrogens (tertiary/aromatic N) is 5. The van der Waals surface area contributed by atoms with Crippen LogP contribution in [0.4, 0.5) is 5.69 Å². The van der Waals surface area contributed by atoms with Crippen LogP contribution in [0.25, 0.3) is 17.1 Å². The summed E-state index contributed by atoms with van der Waals surface area (Å²) in [5.74, 6) is 0.850. The van der Waals surface area contributed by atoms with Crippen molar-refractivity contribution in [2.75, 3.05) is 24.2 Å². The number of hydrogen-bond donors (Lipinski definition) is 1. The van der Waals surface area contributed by atoms with E-state index in [9.17, 15) is 4.79 Å². The Kier molecular flexibility index (Phi) is 7.44. The first kappa shape index (κ1) is 24.2. The molecule has 184 valence electrons. The number of nitrogens with one attached hydrogen (secondary N) is 1. The smallest absolute Gasteiger partial charge is 0.234 e. The number of carbonyl (C=O) groups excluding carboxylic acids is 1. The molecule has 5 rings (SSSR count). The van der Waals surface area contributed by atoms with E-state index in [1.165, 1.54) is 48.8 Å². The molecule has 3 heterocycles. The minimum absolute atomic E-state index is 0.0783. The van der Waals surface area contributed by atoms with Gasteiger partial charge in [-0.15, -0.1) is 10.2 Å². The summed E-state index contributed by atoms with van der Waals surface area (Å²) in [5, 5.41) is 12.6. The molecule has 0 unspecified atom stereocenters. The monoisotopic (exact) mass is 498 g/mol. The van der Waals surface area contributed by atoms with Gasteiger partial charge < -0.3 is 5.32 Å². The number of rotatable bonds is 8. The van der Waals surface area contributed by atoms with Gasteiger partial charge in [0.15, 0.2) is 11.0 Å². The third-order valence-corrected chi connectivity index (χ3v) is 7.25. The first-order valence-electron chi connectivity index (χ1n) is 12.2. The number of benzene rings is 2. The molecule has 0 aliphatic carbocycles. The third kappa shape index (κ3) is 5.66. The second-order valence-electron chi connectivity index (χ2n) is 9.19. The van der Waals surface area contributed by atoms with E-state index >= 15 is 0 Å². The molecule has 1 aliphatic rings. The van der Waals surface area contributed by atoms with Crippen LogP contribution in [-0.2, 0) is 11.3 Å². The van der Waals surface area contributed by atoms with Gasteiger partial charge in [-0.05, 0) is 81.2 Å². The minimum Gasteiger partial charge on any atom is -0.325 e. The van der Waals surface area contributed by atoms with Crippen molar-refractivity contribution in [2.24, 2.45) is 0 Å². The van der Waals surface area contributed by atoms with Crippen LogP contribution in [0, 0.1) is 13.8 Å². The number of pyridine rings is 1. The normalized spacial score (nSPS) is 13.7. The predicted molar refractivity (Wildman–Crippen MR) is 144 cm³/mol. The SMILES string of the molecule is Cc1ccc(-n2c(SCC(=O)Nc3ccc(CN4CCCC4)cc3)nnc2-c2cccnc2)c(C)c1. The summed E-state index contributed by atoms with van der Waals surface area (Å²) in [4.78, 5) is 19.5. The zero-order valence-electron chi connectivity index (χ0n) is 20.6. The van der Waals surface area contributed by atoms with Gasteiger partial charge in [-0.3, -0.25) is 19.2 Å². The Hall–Kier alpha value is -3.49. The fraction of sp³-hybridized carbons (Fsp3) is 0.286. The van der Waals surface area contributed by atoms with E-state index in [0.29, 0.717) is 11.0 Å². The molecule has 1 aliphatic heterocycles. The summed E-state index contributed by atoms with van der Waals surface area (Å²) in [6, 6.07) is 18.3. The van der Waals surface area contributed by atoms with Crippen LogP contribution in [0.1, 0.15) is 29.5 Å². The van der Waals surface area contributed by atoms with Crippen molar-refractivity contribution in [1.82, 2.24) is 24.6 Å². The molecule has 2 aromatic heterocycles. The van der Waals surface area contributed by atoms with Crippen LogP contribution >= 0.6 is 11.8 Å². The van der Waals surface area contributed by atoms with Crippen LogP contribution < -0.4 is 5.32 Å². The van der Waals surface area contributed by atoms with Crippen LogP contribution in [0.2, 0.25) is 0 Å². The maximum atomic E-state index is 12.8. The summed E-state index contributed by atoms with van der Waals surface area (Å²) in [6.07, 6.45) is 6.08. The highest BCUT2D eigenvalue weighted by atomic mass is 32.2. The maximum absolute atomic E-state index is 12.8. The van der Waals surface area contributed by atoms with Crippen LogP contribution in [0.3, 0.4) is 0 Å². The van der Waals surface area contributed by atoms with E-state index < -0.39 is 0 Å². The number of carbonyl (C=O) groups is 1. The lowest BCUT2D eigenvalue weighted by Gasteiger charge is -2.15. The zero-order valence-corrected chi connectivity index (χ0v) is 21.5. The average molecular weight is 499 g/mol. The highest BCUT2D eigenvalue weighted by Crippen LogP contribution is 2.29. The van der Waals surface area contributed by atoms with Gasteiger partial charge in [-0.2, -0.15) is 0 Å². The molecule has 0 radical (unpaired) electrons. The highest BCUT2D eigenvalue weighted by Gasteiger charge is 2.19. The number of likely N-dealkylation sites (tertiary alicyclic amines) is 1. The molecule has 1 fully saturated rings. The van der Waals surface area contributed by atoms with Crippen LogP contribution in [0.5, 0.6) is 0 Å². The minimum atomic E-state index is -0.0783. The summed E-state index contributed by atoms with van der Waals surface area (Å²) in [7, 11) is 0. The topological polar surface area (TPSA) is 75.9 Å². The summed E-state index contributed by atoms with van der Waals surface area (Å²) >= 11 is 1.37. The molecule has 36 heavy (non-hydrogen) atoms. The lowest BCUT2D eigenvalue weighted by atomic mass is 10.1. The standard InChI is InChI=1S/C28H30N6OS/c1-20-7-12-25(21(2)16-20)34-27(23-6-5-13-29-17-23)31-32-28(34)36-19-26(35)30-24-10-8-22(9-11-24)18-33-14-3-4-15-33/h5-13,16-17H,3-4,14-15,18-19H2,1-2H3,(H,30,35). The molecule has 2 aromatic carbocycles. The average Bonchev–Trinajstić information content (AvgIpc) is 3.55. The molecule has 1 N–H and O–H groups in total. The van der Waals surface area contributed by atoms with Gasteiger partial charge in [0.2, 0.25) is 5.91 Å². The maximum Gasteiger partial charge on any atom is 0.234 e. The summed E-state index contributed by atoms with van der Waals surface area (Å²) in [6.45, 7) is 7.46. The Morgan fingerprint density at radius 1 is 1.03 bits per heavy atom. The number of aromatic nitrogens is 4. The Labute approximate surface area is 216 Å². The Morgan fingerprint density at radius 2 is 1.83 bits per heavy atom. The molecule has 8 heteroatoms. The molecule has 4 aromatic rings. The number of amides is 1. The van der Waals surface area contributed by atoms with Crippen LogP contribution in [-0.4, -0.2) is 49.4 Å². The van der Waals surface area contributed by atoms with Gasteiger partial charge in [0, 0.05) is 30.2 Å². The van der Waals surface area contributed by atoms with E-state index in [4.69, 9.17) is 0 Å². The van der Waals surface area contributed by atoms with E-state index in [-0.39, 0.29) is 11.7 Å². The van der Waals surface area contributed by atoms with Crippen molar-refractivity contribution < 1.29 is 4.79 Å². The van der Waals surface area contributed by atoms with Gasteiger partial charge in [0.25, 0.3) is 0 Å². The van der Waals surface area contributed by atoms with Crippen molar-refractivity contribution in [3.8, 4) is 17.1 Å². The molecule has 0 saturated carbocycles. The molecule has 1 saturated heterocycles. The Bertz CT molecular complexity index is 1330. The van der Waals surface area contributed by atoms with Crippen LogP contribution in [0.15, 0.2) is 72.1 Å². The predicted octanol–water partition coefficient (Wildman–Crippen LogP) is 5.27. The fourth-order valence-corrected chi connectivity index (χ4v) is 5.28. The van der Waals surface area contributed by atoms with Gasteiger partial charge in [0.05, 0.1) is 11.4 Å². The number of hydrogen-bond acceptors (Lipinski definition) is 6. The molecule has 0 bridgehead atoms. The van der Waals surface area contributed by atoms with E-state index in [0.717, 1.165) is 29.0 Å². The molecular weight excluding hydrogens is 468 g/mol. The van der Waals surface area contributed by atoms with Gasteiger partial charge in [-0.1, -0.05) is 41.6 Å². The number of aryl methyl sites for hydroxylation is 2. The molecule has 1 amide bonds. The van der Waals surface area contributed by atoms with Crippen molar-refractivity contribution in [2.45, 2.75) is 38.4 Å². The largest absolute Gasteiger partial charge is 0.325 e. The van der Waals surface area contributed by atoms with Crippen molar-refractivity contribution in [3.05, 3.63) is 83.7 Å². The highest BCUT2D eigenvalue weighted by molar-refractivity contribution is 7.99. The second-order valence-corrected chi connectivity index (χ2v) is 10.1. The van der Waals surface area contributed by atoms with Gasteiger partial charge >= 0.3 is 0 Å². The van der Waals surface area contributed by atoms with Gasteiger partial charge in [0.1, 0.15) is 0 Å². The fourth-order valence-electron chi connectivity index (χ4n) is 4.54. The Balaban J connectivity index is 1.30. The quantitative estimate of drug-likeness (QED) is 0.334. The van der Waals surface area contributed by atoms with Gasteiger partial charge in [-0.25, -0.2) is 0 Å². The van der Waals surface area contributed by atoms with Crippen molar-refractivity contribution in [1.29, 1.82) is 0 Å². The number of anilines is 1. The third-order valence-electron chi connectivity index (χ3n) is 6.32. The Morgan fingerprint density at radius 3 is 2.56 bits per heavy atom. The van der Waals surface area contributed by atoms with Crippen molar-refractivity contribution >= 4 is 23.4 Å². The summed E-state index contributed by atoms with van der Waals surface area (Å²) < 4.78 is 2.01. The first-order valence-corrected chi connectivity index (χ1v) is 13.2. The molecular formula is C28H30N6OS. The van der Waals surface area contributed by atoms with E-state index in [2.05, 4.69) is 69.6 Å². The van der Waals surface area contributed by atoms with E-state index in [1.54, 1.807) is 12.4 Å². The van der Waals surface area contributed by atoms with E-state index in [1.807, 2.05) is 28.8 Å². The zero-order chi connectivity index (χ0) is 24.9. The number of thioether (sulfide) groups is 1.